The summed E-state index contributed by atoms with van der Waals surface area (Å²) in [6.45, 7) is 3.95. The van der Waals surface area contributed by atoms with Crippen molar-refractivity contribution in [3.8, 4) is 5.75 Å². The minimum Gasteiger partial charge on any atom is -0.477 e. The van der Waals surface area contributed by atoms with Gasteiger partial charge in [-0.2, -0.15) is 0 Å². The Balaban J connectivity index is 2.79. The van der Waals surface area contributed by atoms with Crippen molar-refractivity contribution in [2.75, 3.05) is 6.61 Å². The Morgan fingerprint density at radius 3 is 2.72 bits per heavy atom. The third-order valence-electron chi connectivity index (χ3n) is 2.26. The molecule has 0 spiro atoms. The lowest BCUT2D eigenvalue weighted by atomic mass is 10.2. The van der Waals surface area contributed by atoms with Crippen LogP contribution in [0.4, 0.5) is 4.39 Å². The molecule has 100 valence electrons. The highest BCUT2D eigenvalue weighted by Gasteiger charge is 2.21. The maximum atomic E-state index is 12.9. The average Bonchev–Trinajstić information content (AvgIpc) is 2.32. The summed E-state index contributed by atoms with van der Waals surface area (Å²) in [5.41, 5.74) is 0. The van der Waals surface area contributed by atoms with Gasteiger partial charge in [-0.05, 0) is 31.5 Å². The van der Waals surface area contributed by atoms with Crippen LogP contribution in [0.2, 0.25) is 5.02 Å². The molecule has 5 heteroatoms. The van der Waals surface area contributed by atoms with Gasteiger partial charge in [0.1, 0.15) is 11.6 Å². The molecule has 0 fully saturated rings. The van der Waals surface area contributed by atoms with Crippen molar-refractivity contribution in [1.29, 1.82) is 0 Å². The molecule has 0 aromatic heterocycles. The zero-order valence-electron chi connectivity index (χ0n) is 10.4. The van der Waals surface area contributed by atoms with Gasteiger partial charge < -0.3 is 9.47 Å². The van der Waals surface area contributed by atoms with E-state index in [1.165, 1.54) is 12.1 Å². The molecule has 0 amide bonds. The molecule has 1 rings (SSSR count). The molecule has 0 bridgehead atoms. The molecule has 1 unspecified atom stereocenters. The van der Waals surface area contributed by atoms with Gasteiger partial charge >= 0.3 is 5.97 Å². The molecule has 18 heavy (non-hydrogen) atoms. The molecule has 0 aliphatic heterocycles. The van der Waals surface area contributed by atoms with Crippen LogP contribution in [0.15, 0.2) is 18.2 Å². The molecule has 0 radical (unpaired) electrons. The Morgan fingerprint density at radius 1 is 1.44 bits per heavy atom. The van der Waals surface area contributed by atoms with Crippen LogP contribution in [0, 0.1) is 5.82 Å². The smallest absolute Gasteiger partial charge is 0.347 e. The second-order valence-electron chi connectivity index (χ2n) is 3.72. The zero-order chi connectivity index (χ0) is 13.5. The topological polar surface area (TPSA) is 35.5 Å². The summed E-state index contributed by atoms with van der Waals surface area (Å²) < 4.78 is 23.3. The van der Waals surface area contributed by atoms with Crippen LogP contribution in [0.3, 0.4) is 0 Å². The molecule has 0 aliphatic carbocycles. The number of hydrogen-bond donors (Lipinski definition) is 0. The highest BCUT2D eigenvalue weighted by molar-refractivity contribution is 6.32. The van der Waals surface area contributed by atoms with Gasteiger partial charge in [-0.3, -0.25) is 0 Å². The van der Waals surface area contributed by atoms with Crippen molar-refractivity contribution >= 4 is 17.6 Å². The van der Waals surface area contributed by atoms with Crippen molar-refractivity contribution in [3.63, 3.8) is 0 Å². The van der Waals surface area contributed by atoms with E-state index in [0.717, 1.165) is 12.5 Å². The molecule has 0 saturated heterocycles. The number of carbonyl (C=O) groups is 1. The Bertz CT molecular complexity index is 409. The van der Waals surface area contributed by atoms with Crippen molar-refractivity contribution < 1.29 is 18.7 Å². The van der Waals surface area contributed by atoms with Crippen LogP contribution in [-0.4, -0.2) is 18.7 Å². The minimum atomic E-state index is -0.710. The van der Waals surface area contributed by atoms with Crippen molar-refractivity contribution in [2.24, 2.45) is 0 Å². The third kappa shape index (κ3) is 4.18. The SMILES string of the molecule is CCCC(Oc1ccc(F)cc1Cl)C(=O)OCC. The second kappa shape index (κ2) is 7.21. The quantitative estimate of drug-likeness (QED) is 0.744. The van der Waals surface area contributed by atoms with Gasteiger partial charge in [-0.15, -0.1) is 0 Å². The first kappa shape index (κ1) is 14.8. The molecular weight excluding hydrogens is 259 g/mol. The van der Waals surface area contributed by atoms with E-state index in [1.807, 2.05) is 6.92 Å². The lowest BCUT2D eigenvalue weighted by Crippen LogP contribution is -2.29. The highest BCUT2D eigenvalue weighted by atomic mass is 35.5. The maximum Gasteiger partial charge on any atom is 0.347 e. The van der Waals surface area contributed by atoms with Gasteiger partial charge in [0.15, 0.2) is 6.10 Å². The van der Waals surface area contributed by atoms with E-state index < -0.39 is 17.9 Å². The molecular formula is C13H16ClFO3. The first-order valence-corrected chi connectivity index (χ1v) is 6.24. The zero-order valence-corrected chi connectivity index (χ0v) is 11.2. The highest BCUT2D eigenvalue weighted by Crippen LogP contribution is 2.26. The van der Waals surface area contributed by atoms with E-state index in [9.17, 15) is 9.18 Å². The molecule has 1 atom stereocenters. The lowest BCUT2D eigenvalue weighted by Gasteiger charge is -2.17. The van der Waals surface area contributed by atoms with Crippen molar-refractivity contribution in [3.05, 3.63) is 29.0 Å². The largest absolute Gasteiger partial charge is 0.477 e. The molecule has 0 aliphatic rings. The van der Waals surface area contributed by atoms with Gasteiger partial charge in [0, 0.05) is 0 Å². The van der Waals surface area contributed by atoms with E-state index in [-0.39, 0.29) is 10.8 Å². The molecule has 0 saturated carbocycles. The summed E-state index contributed by atoms with van der Waals surface area (Å²) in [4.78, 5) is 11.7. The molecule has 0 N–H and O–H groups in total. The molecule has 3 nitrogen and oxygen atoms in total. The predicted molar refractivity (Wildman–Crippen MR) is 67.4 cm³/mol. The standard InChI is InChI=1S/C13H16ClFO3/c1-3-5-12(13(16)17-4-2)18-11-7-6-9(15)8-10(11)14/h6-8,12H,3-5H2,1-2H3. The van der Waals surface area contributed by atoms with Crippen LogP contribution in [0.25, 0.3) is 0 Å². The fourth-order valence-corrected chi connectivity index (χ4v) is 1.66. The number of esters is 1. The number of ether oxygens (including phenoxy) is 2. The summed E-state index contributed by atoms with van der Waals surface area (Å²) >= 11 is 5.84. The number of rotatable bonds is 6. The van der Waals surface area contributed by atoms with Gasteiger partial charge in [0.25, 0.3) is 0 Å². The fourth-order valence-electron chi connectivity index (χ4n) is 1.45. The summed E-state index contributed by atoms with van der Waals surface area (Å²) in [6, 6.07) is 3.78. The van der Waals surface area contributed by atoms with Crippen LogP contribution in [0.1, 0.15) is 26.7 Å². The fraction of sp³-hybridized carbons (Fsp3) is 0.462. The van der Waals surface area contributed by atoms with E-state index in [4.69, 9.17) is 21.1 Å². The average molecular weight is 275 g/mol. The first-order valence-electron chi connectivity index (χ1n) is 5.86. The number of benzene rings is 1. The monoisotopic (exact) mass is 274 g/mol. The van der Waals surface area contributed by atoms with E-state index >= 15 is 0 Å². The van der Waals surface area contributed by atoms with Crippen LogP contribution < -0.4 is 4.74 Å². The van der Waals surface area contributed by atoms with E-state index in [1.54, 1.807) is 6.92 Å². The maximum absolute atomic E-state index is 12.9. The van der Waals surface area contributed by atoms with E-state index in [0.29, 0.717) is 13.0 Å². The lowest BCUT2D eigenvalue weighted by molar-refractivity contribution is -0.151. The van der Waals surface area contributed by atoms with Gasteiger partial charge in [-0.25, -0.2) is 9.18 Å². The summed E-state index contributed by atoms with van der Waals surface area (Å²) in [5.74, 6) is -0.597. The Morgan fingerprint density at radius 2 is 2.17 bits per heavy atom. The Labute approximate surface area is 111 Å². The molecule has 1 aromatic carbocycles. The van der Waals surface area contributed by atoms with Crippen LogP contribution >= 0.6 is 11.6 Å². The van der Waals surface area contributed by atoms with Crippen molar-refractivity contribution in [1.82, 2.24) is 0 Å². The van der Waals surface area contributed by atoms with Crippen molar-refractivity contribution in [2.45, 2.75) is 32.8 Å². The van der Waals surface area contributed by atoms with Gasteiger partial charge in [0.2, 0.25) is 0 Å². The number of halogens is 2. The Hall–Kier alpha value is -1.29. The normalized spacial score (nSPS) is 12.0. The second-order valence-corrected chi connectivity index (χ2v) is 4.13. The van der Waals surface area contributed by atoms with E-state index in [2.05, 4.69) is 0 Å². The van der Waals surface area contributed by atoms with Gasteiger partial charge in [0.05, 0.1) is 11.6 Å². The Kier molecular flexibility index (Phi) is 5.92. The minimum absolute atomic E-state index is 0.139. The van der Waals surface area contributed by atoms with Crippen LogP contribution in [0.5, 0.6) is 5.75 Å². The molecule has 0 heterocycles. The summed E-state index contributed by atoms with van der Waals surface area (Å²) in [6.07, 6.45) is 0.576. The first-order chi connectivity index (χ1) is 8.58. The van der Waals surface area contributed by atoms with Gasteiger partial charge in [-0.1, -0.05) is 24.9 Å². The summed E-state index contributed by atoms with van der Waals surface area (Å²) in [7, 11) is 0. The predicted octanol–water partition coefficient (Wildman–Crippen LogP) is 3.59. The van der Waals surface area contributed by atoms with Crippen LogP contribution in [-0.2, 0) is 9.53 Å². The number of carbonyl (C=O) groups excluding carboxylic acids is 1. The number of hydrogen-bond acceptors (Lipinski definition) is 3. The molecule has 1 aromatic rings. The third-order valence-corrected chi connectivity index (χ3v) is 2.56. The summed E-state index contributed by atoms with van der Waals surface area (Å²) in [5, 5.41) is 0.139.